The van der Waals surface area contributed by atoms with Gasteiger partial charge in [-0.15, -0.1) is 10.2 Å². The lowest BCUT2D eigenvalue weighted by molar-refractivity contribution is 0.102. The van der Waals surface area contributed by atoms with Crippen molar-refractivity contribution in [2.45, 2.75) is 0 Å². The molecule has 5 rings (SSSR count). The Bertz CT molecular complexity index is 1210. The molecule has 1 aliphatic heterocycles. The molecule has 4 aromatic rings. The largest absolute Gasteiger partial charge is 0.378 e. The lowest BCUT2D eigenvalue weighted by Crippen LogP contribution is -2.36. The Balaban J connectivity index is 1.29. The Kier molecular flexibility index (Phi) is 5.96. The van der Waals surface area contributed by atoms with Crippen LogP contribution in [0.25, 0.3) is 10.4 Å². The molecular weight excluding hydrogens is 448 g/mol. The van der Waals surface area contributed by atoms with Gasteiger partial charge >= 0.3 is 0 Å². The number of pyridine rings is 2. The van der Waals surface area contributed by atoms with Gasteiger partial charge in [0.25, 0.3) is 5.91 Å². The normalized spacial score (nSPS) is 13.7. The predicted octanol–water partition coefficient (Wildman–Crippen LogP) is 3.28. The Hall–Kier alpha value is -3.48. The molecule has 0 unspecified atom stereocenters. The van der Waals surface area contributed by atoms with Crippen molar-refractivity contribution in [3.05, 3.63) is 54.1 Å². The number of morpholine rings is 1. The van der Waals surface area contributed by atoms with Gasteiger partial charge in [0.2, 0.25) is 5.13 Å². The van der Waals surface area contributed by atoms with Crippen LogP contribution in [0, 0.1) is 0 Å². The van der Waals surface area contributed by atoms with E-state index in [0.29, 0.717) is 15.8 Å². The van der Waals surface area contributed by atoms with Crippen LogP contribution in [0.1, 0.15) is 10.4 Å². The minimum absolute atomic E-state index is 0.289. The summed E-state index contributed by atoms with van der Waals surface area (Å²) in [5.41, 5.74) is 3.89. The highest BCUT2D eigenvalue weighted by molar-refractivity contribution is 7.19. The molecule has 10 nitrogen and oxygen atoms in total. The highest BCUT2D eigenvalue weighted by Gasteiger charge is 2.14. The summed E-state index contributed by atoms with van der Waals surface area (Å²) in [6.07, 6.45) is 6.76. The van der Waals surface area contributed by atoms with E-state index >= 15 is 0 Å². The van der Waals surface area contributed by atoms with Crippen LogP contribution in [-0.4, -0.2) is 57.4 Å². The van der Waals surface area contributed by atoms with Crippen LogP contribution in [0.2, 0.25) is 0 Å². The van der Waals surface area contributed by atoms with Crippen molar-refractivity contribution in [2.75, 3.05) is 41.8 Å². The van der Waals surface area contributed by atoms with Crippen LogP contribution in [0.5, 0.6) is 0 Å². The van der Waals surface area contributed by atoms with Crippen LogP contribution in [0.15, 0.2) is 48.5 Å². The first-order valence-corrected chi connectivity index (χ1v) is 11.5. The van der Waals surface area contributed by atoms with E-state index in [4.69, 9.17) is 4.74 Å². The van der Waals surface area contributed by atoms with Crippen molar-refractivity contribution in [3.63, 3.8) is 0 Å². The SMILES string of the molecule is O=C(Nc1nncs1)c1cncc(-c2cnc(Nc3cc(N4CCOCC4)ccn3)s2)c1. The molecular formula is C20H18N8O2S2. The summed E-state index contributed by atoms with van der Waals surface area (Å²) in [4.78, 5) is 28.7. The summed E-state index contributed by atoms with van der Waals surface area (Å²) in [5.74, 6) is 0.432. The Morgan fingerprint density at radius 2 is 2.00 bits per heavy atom. The Morgan fingerprint density at radius 1 is 1.09 bits per heavy atom. The van der Waals surface area contributed by atoms with Crippen LogP contribution >= 0.6 is 22.7 Å². The van der Waals surface area contributed by atoms with Crippen molar-refractivity contribution >= 4 is 50.3 Å². The van der Waals surface area contributed by atoms with Crippen molar-refractivity contribution < 1.29 is 9.53 Å². The van der Waals surface area contributed by atoms with Crippen molar-refractivity contribution in [3.8, 4) is 10.4 Å². The molecule has 32 heavy (non-hydrogen) atoms. The van der Waals surface area contributed by atoms with E-state index in [1.807, 2.05) is 12.1 Å². The molecule has 0 aromatic carbocycles. The number of hydrogen-bond donors (Lipinski definition) is 2. The molecule has 1 saturated heterocycles. The van der Waals surface area contributed by atoms with E-state index in [0.717, 1.165) is 48.2 Å². The molecule has 0 bridgehead atoms. The monoisotopic (exact) mass is 466 g/mol. The minimum Gasteiger partial charge on any atom is -0.378 e. The smallest absolute Gasteiger partial charge is 0.259 e. The molecule has 0 atom stereocenters. The first-order chi connectivity index (χ1) is 15.7. The first-order valence-electron chi connectivity index (χ1n) is 9.79. The highest BCUT2D eigenvalue weighted by atomic mass is 32.1. The number of amides is 1. The molecule has 1 aliphatic rings. The second-order valence-electron chi connectivity index (χ2n) is 6.81. The van der Waals surface area contributed by atoms with E-state index in [-0.39, 0.29) is 5.91 Å². The predicted molar refractivity (Wildman–Crippen MR) is 124 cm³/mol. The molecule has 0 radical (unpaired) electrons. The number of anilines is 4. The summed E-state index contributed by atoms with van der Waals surface area (Å²) >= 11 is 2.71. The second kappa shape index (κ2) is 9.34. The number of thiazole rings is 1. The Morgan fingerprint density at radius 3 is 2.84 bits per heavy atom. The third kappa shape index (κ3) is 4.72. The van der Waals surface area contributed by atoms with Crippen molar-refractivity contribution in [1.29, 1.82) is 0 Å². The molecule has 5 heterocycles. The number of hydrogen-bond acceptors (Lipinski definition) is 11. The van der Waals surface area contributed by atoms with E-state index < -0.39 is 0 Å². The van der Waals surface area contributed by atoms with Crippen LogP contribution in [-0.2, 0) is 4.74 Å². The van der Waals surface area contributed by atoms with Gasteiger partial charge in [0.1, 0.15) is 11.3 Å². The highest BCUT2D eigenvalue weighted by Crippen LogP contribution is 2.31. The fraction of sp³-hybridized carbons (Fsp3) is 0.200. The molecule has 1 fully saturated rings. The summed E-state index contributed by atoms with van der Waals surface area (Å²) in [6.45, 7) is 3.18. The van der Waals surface area contributed by atoms with E-state index in [9.17, 15) is 4.79 Å². The number of aromatic nitrogens is 5. The third-order valence-electron chi connectivity index (χ3n) is 4.73. The topological polar surface area (TPSA) is 118 Å². The quantitative estimate of drug-likeness (QED) is 0.441. The number of nitrogens with zero attached hydrogens (tertiary/aromatic N) is 6. The number of nitrogens with one attached hydrogen (secondary N) is 2. The molecule has 4 aromatic heterocycles. The molecule has 1 amide bonds. The standard InChI is InChI=1S/C20H18N8O2S2/c29-18(26-20-27-24-12-31-20)14-7-13(9-21-10-14)16-11-23-19(32-16)25-17-8-15(1-2-22-17)28-3-5-30-6-4-28/h1-2,7-12H,3-6H2,(H,22,23,25)(H,26,27,29). The molecule has 2 N–H and O–H groups in total. The molecule has 0 saturated carbocycles. The zero-order chi connectivity index (χ0) is 21.8. The third-order valence-corrected chi connectivity index (χ3v) is 6.29. The van der Waals surface area contributed by atoms with Crippen LogP contribution in [0.4, 0.5) is 21.8 Å². The maximum Gasteiger partial charge on any atom is 0.259 e. The lowest BCUT2D eigenvalue weighted by atomic mass is 10.2. The number of ether oxygens (including phenoxy) is 1. The zero-order valence-corrected chi connectivity index (χ0v) is 18.4. The van der Waals surface area contributed by atoms with Gasteiger partial charge in [-0.25, -0.2) is 9.97 Å². The van der Waals surface area contributed by atoms with E-state index in [1.54, 1.807) is 30.2 Å². The lowest BCUT2D eigenvalue weighted by Gasteiger charge is -2.28. The zero-order valence-electron chi connectivity index (χ0n) is 16.8. The van der Waals surface area contributed by atoms with Crippen LogP contribution < -0.4 is 15.5 Å². The van der Waals surface area contributed by atoms with Crippen molar-refractivity contribution in [1.82, 2.24) is 25.1 Å². The molecule has 12 heteroatoms. The van der Waals surface area contributed by atoms with Gasteiger partial charge in [0, 0.05) is 55.2 Å². The molecule has 162 valence electrons. The first kappa shape index (κ1) is 20.4. The molecule has 0 spiro atoms. The van der Waals surface area contributed by atoms with Gasteiger partial charge < -0.3 is 15.0 Å². The average molecular weight is 467 g/mol. The number of rotatable bonds is 6. The van der Waals surface area contributed by atoms with E-state index in [1.165, 1.54) is 28.9 Å². The van der Waals surface area contributed by atoms with Gasteiger partial charge in [0.15, 0.2) is 5.13 Å². The van der Waals surface area contributed by atoms with Crippen molar-refractivity contribution in [2.24, 2.45) is 0 Å². The maximum absolute atomic E-state index is 12.4. The van der Waals surface area contributed by atoms with Gasteiger partial charge in [0.05, 0.1) is 23.7 Å². The Labute approximate surface area is 191 Å². The van der Waals surface area contributed by atoms with Gasteiger partial charge in [-0.2, -0.15) is 0 Å². The fourth-order valence-corrected chi connectivity index (χ4v) is 4.42. The summed E-state index contributed by atoms with van der Waals surface area (Å²) in [6, 6.07) is 5.78. The van der Waals surface area contributed by atoms with Gasteiger partial charge in [-0.1, -0.05) is 22.7 Å². The summed E-state index contributed by atoms with van der Waals surface area (Å²) in [5, 5.41) is 14.7. The summed E-state index contributed by atoms with van der Waals surface area (Å²) in [7, 11) is 0. The van der Waals surface area contributed by atoms with Crippen LogP contribution in [0.3, 0.4) is 0 Å². The second-order valence-corrected chi connectivity index (χ2v) is 8.68. The fourth-order valence-electron chi connectivity index (χ4n) is 3.18. The number of carbonyl (C=O) groups is 1. The van der Waals surface area contributed by atoms with Gasteiger partial charge in [-0.3, -0.25) is 15.1 Å². The molecule has 0 aliphatic carbocycles. The van der Waals surface area contributed by atoms with E-state index in [2.05, 4.69) is 40.7 Å². The summed E-state index contributed by atoms with van der Waals surface area (Å²) < 4.78 is 5.42. The average Bonchev–Trinajstić information content (AvgIpc) is 3.52. The minimum atomic E-state index is -0.289. The number of carbonyl (C=O) groups excluding carboxylic acids is 1. The van der Waals surface area contributed by atoms with Gasteiger partial charge in [-0.05, 0) is 12.1 Å². The maximum atomic E-state index is 12.4.